The van der Waals surface area contributed by atoms with Crippen LogP contribution in [0.25, 0.3) is 0 Å². The number of nitrogens with zero attached hydrogens (tertiary/aromatic N) is 3. The average Bonchev–Trinajstić information content (AvgIpc) is 2.85. The Balaban J connectivity index is 2.20. The predicted molar refractivity (Wildman–Crippen MR) is 48.2 cm³/mol. The molecule has 2 rings (SSSR count). The SMILES string of the molecule is Cc1cc(N(C)C2CC2)ncn1. The Labute approximate surface area is 72.4 Å². The minimum Gasteiger partial charge on any atom is -0.357 e. The number of anilines is 1. The van der Waals surface area contributed by atoms with E-state index in [9.17, 15) is 0 Å². The van der Waals surface area contributed by atoms with Crippen LogP contribution in [0.4, 0.5) is 5.82 Å². The Morgan fingerprint density at radius 1 is 1.42 bits per heavy atom. The van der Waals surface area contributed by atoms with Gasteiger partial charge in [-0.05, 0) is 19.8 Å². The van der Waals surface area contributed by atoms with Gasteiger partial charge in [0, 0.05) is 24.8 Å². The van der Waals surface area contributed by atoms with Crippen molar-refractivity contribution in [2.75, 3.05) is 11.9 Å². The molecule has 12 heavy (non-hydrogen) atoms. The van der Waals surface area contributed by atoms with Crippen LogP contribution in [0.3, 0.4) is 0 Å². The van der Waals surface area contributed by atoms with Crippen LogP contribution in [-0.2, 0) is 0 Å². The molecule has 0 bridgehead atoms. The zero-order valence-electron chi connectivity index (χ0n) is 7.49. The van der Waals surface area contributed by atoms with Gasteiger partial charge >= 0.3 is 0 Å². The molecule has 1 aliphatic rings. The molecule has 0 spiro atoms. The van der Waals surface area contributed by atoms with E-state index in [0.29, 0.717) is 0 Å². The summed E-state index contributed by atoms with van der Waals surface area (Å²) in [5.41, 5.74) is 1.03. The molecule has 0 N–H and O–H groups in total. The third-order valence-electron chi connectivity index (χ3n) is 2.25. The third kappa shape index (κ3) is 1.40. The summed E-state index contributed by atoms with van der Waals surface area (Å²) in [6, 6.07) is 2.75. The molecule has 0 atom stereocenters. The van der Waals surface area contributed by atoms with Crippen molar-refractivity contribution in [3.8, 4) is 0 Å². The van der Waals surface area contributed by atoms with Gasteiger partial charge in [0.2, 0.25) is 0 Å². The van der Waals surface area contributed by atoms with Crippen LogP contribution in [0.5, 0.6) is 0 Å². The molecular formula is C9H13N3. The number of aromatic nitrogens is 2. The summed E-state index contributed by atoms with van der Waals surface area (Å²) in [4.78, 5) is 10.5. The van der Waals surface area contributed by atoms with Gasteiger partial charge in [-0.15, -0.1) is 0 Å². The highest BCUT2D eigenvalue weighted by atomic mass is 15.2. The van der Waals surface area contributed by atoms with E-state index in [2.05, 4.69) is 21.9 Å². The molecule has 0 aliphatic heterocycles. The number of aryl methyl sites for hydroxylation is 1. The van der Waals surface area contributed by atoms with Crippen molar-refractivity contribution in [3.63, 3.8) is 0 Å². The van der Waals surface area contributed by atoms with Crippen molar-refractivity contribution in [2.24, 2.45) is 0 Å². The van der Waals surface area contributed by atoms with Crippen molar-refractivity contribution in [1.82, 2.24) is 9.97 Å². The van der Waals surface area contributed by atoms with Crippen molar-refractivity contribution >= 4 is 5.82 Å². The monoisotopic (exact) mass is 163 g/mol. The first-order chi connectivity index (χ1) is 5.77. The highest BCUT2D eigenvalue weighted by Gasteiger charge is 2.26. The second-order valence-electron chi connectivity index (χ2n) is 3.36. The fourth-order valence-electron chi connectivity index (χ4n) is 1.28. The quantitative estimate of drug-likeness (QED) is 0.659. The standard InChI is InChI=1S/C9H13N3/c1-7-5-9(11-6-10-7)12(2)8-3-4-8/h5-6,8H,3-4H2,1-2H3. The van der Waals surface area contributed by atoms with Crippen LogP contribution in [0.1, 0.15) is 18.5 Å². The first-order valence-electron chi connectivity index (χ1n) is 4.29. The smallest absolute Gasteiger partial charge is 0.132 e. The fraction of sp³-hybridized carbons (Fsp3) is 0.556. The number of hydrogen-bond acceptors (Lipinski definition) is 3. The molecule has 1 fully saturated rings. The largest absolute Gasteiger partial charge is 0.357 e. The van der Waals surface area contributed by atoms with E-state index in [1.165, 1.54) is 12.8 Å². The molecule has 0 saturated heterocycles. The van der Waals surface area contributed by atoms with Crippen LogP contribution < -0.4 is 4.90 Å². The molecule has 1 saturated carbocycles. The summed E-state index contributed by atoms with van der Waals surface area (Å²) >= 11 is 0. The lowest BCUT2D eigenvalue weighted by molar-refractivity contribution is 0.881. The summed E-state index contributed by atoms with van der Waals surface area (Å²) in [5, 5.41) is 0. The Kier molecular flexibility index (Phi) is 1.71. The maximum absolute atomic E-state index is 4.22. The second-order valence-corrected chi connectivity index (χ2v) is 3.36. The lowest BCUT2D eigenvalue weighted by atomic mass is 10.4. The summed E-state index contributed by atoms with van der Waals surface area (Å²) in [6.07, 6.45) is 4.24. The summed E-state index contributed by atoms with van der Waals surface area (Å²) in [6.45, 7) is 1.99. The average molecular weight is 163 g/mol. The zero-order valence-corrected chi connectivity index (χ0v) is 7.49. The summed E-state index contributed by atoms with van der Waals surface area (Å²) in [5.74, 6) is 1.05. The van der Waals surface area contributed by atoms with Gasteiger partial charge in [-0.3, -0.25) is 0 Å². The molecule has 3 nitrogen and oxygen atoms in total. The van der Waals surface area contributed by atoms with E-state index in [1.807, 2.05) is 13.0 Å². The van der Waals surface area contributed by atoms with Crippen LogP contribution >= 0.6 is 0 Å². The van der Waals surface area contributed by atoms with Crippen molar-refractivity contribution < 1.29 is 0 Å². The predicted octanol–water partition coefficient (Wildman–Crippen LogP) is 1.38. The van der Waals surface area contributed by atoms with Gasteiger partial charge in [0.1, 0.15) is 12.1 Å². The molecule has 0 unspecified atom stereocenters. The van der Waals surface area contributed by atoms with Crippen molar-refractivity contribution in [2.45, 2.75) is 25.8 Å². The van der Waals surface area contributed by atoms with Crippen LogP contribution in [-0.4, -0.2) is 23.1 Å². The molecule has 0 amide bonds. The zero-order chi connectivity index (χ0) is 8.55. The van der Waals surface area contributed by atoms with Gasteiger partial charge in [-0.2, -0.15) is 0 Å². The molecule has 1 aromatic heterocycles. The van der Waals surface area contributed by atoms with Gasteiger partial charge in [0.25, 0.3) is 0 Å². The van der Waals surface area contributed by atoms with Crippen molar-refractivity contribution in [3.05, 3.63) is 18.1 Å². The molecule has 1 aromatic rings. The number of hydrogen-bond donors (Lipinski definition) is 0. The highest BCUT2D eigenvalue weighted by Crippen LogP contribution is 2.28. The Bertz CT molecular complexity index is 281. The van der Waals surface area contributed by atoms with E-state index in [-0.39, 0.29) is 0 Å². The lowest BCUT2D eigenvalue weighted by Crippen LogP contribution is -2.20. The molecule has 1 heterocycles. The minimum absolute atomic E-state index is 0.722. The van der Waals surface area contributed by atoms with Crippen LogP contribution in [0.2, 0.25) is 0 Å². The van der Waals surface area contributed by atoms with Gasteiger partial charge in [0.05, 0.1) is 0 Å². The van der Waals surface area contributed by atoms with Gasteiger partial charge in [-0.25, -0.2) is 9.97 Å². The lowest BCUT2D eigenvalue weighted by Gasteiger charge is -2.16. The first-order valence-corrected chi connectivity index (χ1v) is 4.29. The van der Waals surface area contributed by atoms with E-state index in [4.69, 9.17) is 0 Å². The van der Waals surface area contributed by atoms with E-state index < -0.39 is 0 Å². The minimum atomic E-state index is 0.722. The fourth-order valence-corrected chi connectivity index (χ4v) is 1.28. The van der Waals surface area contributed by atoms with Gasteiger partial charge in [0.15, 0.2) is 0 Å². The van der Waals surface area contributed by atoms with Crippen molar-refractivity contribution in [1.29, 1.82) is 0 Å². The van der Waals surface area contributed by atoms with E-state index >= 15 is 0 Å². The maximum atomic E-state index is 4.22. The normalized spacial score (nSPS) is 16.2. The Morgan fingerprint density at radius 3 is 2.75 bits per heavy atom. The molecule has 0 aromatic carbocycles. The Morgan fingerprint density at radius 2 is 2.17 bits per heavy atom. The molecular weight excluding hydrogens is 150 g/mol. The summed E-state index contributed by atoms with van der Waals surface area (Å²) in [7, 11) is 2.10. The Hall–Kier alpha value is -1.12. The molecule has 64 valence electrons. The van der Waals surface area contributed by atoms with Crippen LogP contribution in [0, 0.1) is 6.92 Å². The molecule has 1 aliphatic carbocycles. The van der Waals surface area contributed by atoms with Gasteiger partial charge in [-0.1, -0.05) is 0 Å². The third-order valence-corrected chi connectivity index (χ3v) is 2.25. The summed E-state index contributed by atoms with van der Waals surface area (Å²) < 4.78 is 0. The van der Waals surface area contributed by atoms with Crippen LogP contribution in [0.15, 0.2) is 12.4 Å². The first kappa shape index (κ1) is 7.53. The maximum Gasteiger partial charge on any atom is 0.132 e. The highest BCUT2D eigenvalue weighted by molar-refractivity contribution is 5.40. The van der Waals surface area contributed by atoms with E-state index in [0.717, 1.165) is 17.6 Å². The topological polar surface area (TPSA) is 29.0 Å². The molecule has 3 heteroatoms. The second kappa shape index (κ2) is 2.73. The van der Waals surface area contributed by atoms with Gasteiger partial charge < -0.3 is 4.90 Å². The number of rotatable bonds is 2. The van der Waals surface area contributed by atoms with E-state index in [1.54, 1.807) is 6.33 Å². The molecule has 0 radical (unpaired) electrons.